The Balaban J connectivity index is 1.52. The maximum Gasteiger partial charge on any atom is 0.209 e. The van der Waals surface area contributed by atoms with Crippen molar-refractivity contribution in [3.8, 4) is 0 Å². The molecule has 5 nitrogen and oxygen atoms in total. The topological polar surface area (TPSA) is 43.5 Å². The van der Waals surface area contributed by atoms with Gasteiger partial charge in [-0.05, 0) is 31.6 Å². The zero-order chi connectivity index (χ0) is 27.6. The molecular formula is C33H41N3O2+2. The molecule has 5 rings (SSSR count). The SMILES string of the molecule is C[N+]1=C(/C=C2/C(=O)C(/C=C3\N(CCC[N+](C)(C)C)c4ccccc4C3(C)C)=C2O)C(C)(C)c2ccccc21. The van der Waals surface area contributed by atoms with Gasteiger partial charge in [-0.25, -0.2) is 0 Å². The standard InChI is InChI=1S/C33H40N3O2/c1-32(2)24-14-9-11-16-26(24)34(5)28(32)20-22-30(37)23(31(22)38)21-29-33(3,4)25-15-10-12-17-27(25)35(29)18-13-19-36(6,7)8/h9-12,14-17,20-21H,13,18-19H2,1-8H3/q+1/p+1. The summed E-state index contributed by atoms with van der Waals surface area (Å²) < 4.78 is 3.04. The first-order valence-corrected chi connectivity index (χ1v) is 13.6. The first-order chi connectivity index (χ1) is 17.7. The summed E-state index contributed by atoms with van der Waals surface area (Å²) in [5.74, 6) is -0.00561. The highest BCUT2D eigenvalue weighted by Gasteiger charge is 2.46. The van der Waals surface area contributed by atoms with Crippen molar-refractivity contribution in [3.05, 3.63) is 94.4 Å². The first-order valence-electron chi connectivity index (χ1n) is 13.6. The lowest BCUT2D eigenvalue weighted by atomic mass is 9.77. The molecule has 198 valence electrons. The Labute approximate surface area is 227 Å². The third-order valence-electron chi connectivity index (χ3n) is 8.51. The van der Waals surface area contributed by atoms with Crippen molar-refractivity contribution in [2.45, 2.75) is 44.9 Å². The van der Waals surface area contributed by atoms with E-state index in [2.05, 4.69) is 94.7 Å². The third-order valence-corrected chi connectivity index (χ3v) is 8.51. The molecule has 2 aromatic carbocycles. The Kier molecular flexibility index (Phi) is 6.07. The molecule has 2 aliphatic heterocycles. The lowest BCUT2D eigenvalue weighted by Gasteiger charge is -2.30. The van der Waals surface area contributed by atoms with Crippen LogP contribution >= 0.6 is 0 Å². The molecule has 0 radical (unpaired) electrons. The molecule has 0 spiro atoms. The zero-order valence-electron chi connectivity index (χ0n) is 24.1. The zero-order valence-corrected chi connectivity index (χ0v) is 24.1. The second kappa shape index (κ2) is 8.81. The van der Waals surface area contributed by atoms with Gasteiger partial charge in [0, 0.05) is 47.5 Å². The summed E-state index contributed by atoms with van der Waals surface area (Å²) in [5.41, 5.74) is 7.14. The second-order valence-electron chi connectivity index (χ2n) is 12.9. The quantitative estimate of drug-likeness (QED) is 0.303. The summed E-state index contributed by atoms with van der Waals surface area (Å²) in [4.78, 5) is 15.8. The van der Waals surface area contributed by atoms with E-state index >= 15 is 0 Å². The monoisotopic (exact) mass is 511 g/mol. The number of hydrogen-bond donors (Lipinski definition) is 1. The summed E-state index contributed by atoms with van der Waals surface area (Å²) in [6.07, 6.45) is 4.84. The summed E-state index contributed by atoms with van der Waals surface area (Å²) in [5, 5.41) is 11.2. The van der Waals surface area contributed by atoms with Crippen LogP contribution in [0.15, 0.2) is 83.3 Å². The van der Waals surface area contributed by atoms with E-state index in [4.69, 9.17) is 0 Å². The van der Waals surface area contributed by atoms with Crippen molar-refractivity contribution in [2.24, 2.45) is 0 Å². The predicted molar refractivity (Wildman–Crippen MR) is 155 cm³/mol. The van der Waals surface area contributed by atoms with E-state index in [1.165, 1.54) is 16.8 Å². The normalized spacial score (nSPS) is 21.9. The van der Waals surface area contributed by atoms with E-state index in [1.54, 1.807) is 0 Å². The number of hydrogen-bond acceptors (Lipinski definition) is 3. The first kappa shape index (κ1) is 26.2. The van der Waals surface area contributed by atoms with Gasteiger partial charge in [-0.3, -0.25) is 4.79 Å². The van der Waals surface area contributed by atoms with E-state index in [-0.39, 0.29) is 22.4 Å². The highest BCUT2D eigenvalue weighted by atomic mass is 16.3. The van der Waals surface area contributed by atoms with Gasteiger partial charge in [-0.1, -0.05) is 50.2 Å². The van der Waals surface area contributed by atoms with E-state index in [1.807, 2.05) is 31.3 Å². The molecule has 1 aliphatic carbocycles. The minimum atomic E-state index is -0.274. The maximum absolute atomic E-state index is 13.5. The highest BCUT2D eigenvalue weighted by molar-refractivity contribution is 6.24. The average molecular weight is 512 g/mol. The molecule has 1 N–H and O–H groups in total. The molecule has 0 bridgehead atoms. The number of aliphatic hydroxyl groups is 1. The van der Waals surface area contributed by atoms with Crippen LogP contribution in [-0.4, -0.2) is 66.9 Å². The van der Waals surface area contributed by atoms with Gasteiger partial charge in [-0.2, -0.15) is 4.58 Å². The van der Waals surface area contributed by atoms with Crippen molar-refractivity contribution in [1.82, 2.24) is 0 Å². The van der Waals surface area contributed by atoms with Crippen LogP contribution in [0.4, 0.5) is 11.4 Å². The molecule has 0 aromatic heterocycles. The summed E-state index contributed by atoms with van der Waals surface area (Å²) in [6.45, 7) is 10.7. The Hall–Kier alpha value is -3.44. The summed E-state index contributed by atoms with van der Waals surface area (Å²) in [7, 11) is 8.66. The van der Waals surface area contributed by atoms with E-state index < -0.39 is 0 Å². The molecule has 0 fully saturated rings. The van der Waals surface area contributed by atoms with E-state index in [9.17, 15) is 9.90 Å². The second-order valence-corrected chi connectivity index (χ2v) is 12.9. The lowest BCUT2D eigenvalue weighted by Crippen LogP contribution is -2.37. The van der Waals surface area contributed by atoms with Gasteiger partial charge in [0.1, 0.15) is 12.8 Å². The fourth-order valence-electron chi connectivity index (χ4n) is 6.29. The molecule has 38 heavy (non-hydrogen) atoms. The Bertz CT molecular complexity index is 1460. The van der Waals surface area contributed by atoms with Crippen molar-refractivity contribution in [3.63, 3.8) is 0 Å². The van der Waals surface area contributed by atoms with Crippen LogP contribution in [0.3, 0.4) is 0 Å². The van der Waals surface area contributed by atoms with E-state index in [0.717, 1.165) is 41.1 Å². The minimum absolute atomic E-state index is 0.0909. The fraction of sp³-hybridized carbons (Fsp3) is 0.394. The maximum atomic E-state index is 13.5. The predicted octanol–water partition coefficient (Wildman–Crippen LogP) is 5.79. The van der Waals surface area contributed by atoms with Crippen molar-refractivity contribution in [1.29, 1.82) is 0 Å². The number of Topliss-reactive ketones (excluding diaryl/α,β-unsaturated/α-hetero) is 1. The van der Waals surface area contributed by atoms with Gasteiger partial charge in [0.15, 0.2) is 5.71 Å². The molecule has 2 aromatic rings. The lowest BCUT2D eigenvalue weighted by molar-refractivity contribution is -0.870. The van der Waals surface area contributed by atoms with Gasteiger partial charge >= 0.3 is 0 Å². The molecule has 5 heteroatoms. The molecular weight excluding hydrogens is 470 g/mol. The fourth-order valence-corrected chi connectivity index (χ4v) is 6.29. The number of allylic oxidation sites excluding steroid dienone is 5. The third kappa shape index (κ3) is 4.04. The largest absolute Gasteiger partial charge is 0.506 e. The van der Waals surface area contributed by atoms with Crippen molar-refractivity contribution >= 4 is 22.9 Å². The number of ketones is 1. The number of carbonyl (C=O) groups is 1. The Morgan fingerprint density at radius 2 is 1.55 bits per heavy atom. The number of rotatable bonds is 6. The number of benzene rings is 2. The molecule has 3 aliphatic rings. The number of fused-ring (bicyclic) bond motifs is 2. The van der Waals surface area contributed by atoms with Gasteiger partial charge in [0.05, 0.1) is 44.2 Å². The Morgan fingerprint density at radius 3 is 2.18 bits per heavy atom. The number of quaternary nitrogens is 1. The number of anilines is 1. The van der Waals surface area contributed by atoms with Crippen LogP contribution in [0.25, 0.3) is 0 Å². The van der Waals surface area contributed by atoms with Crippen LogP contribution in [-0.2, 0) is 15.6 Å². The van der Waals surface area contributed by atoms with Crippen LogP contribution in [0.5, 0.6) is 0 Å². The van der Waals surface area contributed by atoms with Gasteiger partial charge in [0.25, 0.3) is 0 Å². The van der Waals surface area contributed by atoms with Gasteiger partial charge < -0.3 is 14.5 Å². The number of para-hydroxylation sites is 2. The van der Waals surface area contributed by atoms with Crippen molar-refractivity contribution < 1.29 is 19.0 Å². The highest BCUT2D eigenvalue weighted by Crippen LogP contribution is 2.49. The minimum Gasteiger partial charge on any atom is -0.506 e. The van der Waals surface area contributed by atoms with Crippen LogP contribution in [0.2, 0.25) is 0 Å². The van der Waals surface area contributed by atoms with Crippen molar-refractivity contribution in [2.75, 3.05) is 46.2 Å². The number of nitrogens with zero attached hydrogens (tertiary/aromatic N) is 3. The van der Waals surface area contributed by atoms with Gasteiger partial charge in [0.2, 0.25) is 11.5 Å². The molecule has 0 amide bonds. The number of carbonyl (C=O) groups excluding carboxylic acids is 1. The van der Waals surface area contributed by atoms with Crippen LogP contribution in [0.1, 0.15) is 45.2 Å². The average Bonchev–Trinajstić information content (AvgIpc) is 3.19. The van der Waals surface area contributed by atoms with Crippen LogP contribution in [0, 0.1) is 0 Å². The Morgan fingerprint density at radius 1 is 0.921 bits per heavy atom. The number of aliphatic hydroxyl groups excluding tert-OH is 1. The molecule has 0 saturated carbocycles. The molecule has 0 atom stereocenters. The molecule has 2 heterocycles. The smallest absolute Gasteiger partial charge is 0.209 e. The summed E-state index contributed by atoms with van der Waals surface area (Å²) >= 11 is 0. The molecule has 0 saturated heterocycles. The van der Waals surface area contributed by atoms with E-state index in [0.29, 0.717) is 11.1 Å². The molecule has 0 unspecified atom stereocenters. The summed E-state index contributed by atoms with van der Waals surface area (Å²) in [6, 6.07) is 16.8. The van der Waals surface area contributed by atoms with Gasteiger partial charge in [-0.15, -0.1) is 0 Å². The van der Waals surface area contributed by atoms with Crippen LogP contribution < -0.4 is 4.90 Å².